The van der Waals surface area contributed by atoms with Crippen molar-refractivity contribution >= 4 is 17.8 Å². The van der Waals surface area contributed by atoms with Gasteiger partial charge in [-0.05, 0) is 25.8 Å². The van der Waals surface area contributed by atoms with Crippen molar-refractivity contribution in [2.24, 2.45) is 5.92 Å². The maximum Gasteiger partial charge on any atom is 0.305 e. The molecule has 1 unspecified atom stereocenters. The van der Waals surface area contributed by atoms with E-state index in [0.29, 0.717) is 32.7 Å². The van der Waals surface area contributed by atoms with Gasteiger partial charge in [-0.15, -0.1) is 0 Å². The van der Waals surface area contributed by atoms with Crippen molar-refractivity contribution in [3.05, 3.63) is 35.4 Å². The normalized spacial score (nSPS) is 16.8. The van der Waals surface area contributed by atoms with E-state index in [2.05, 4.69) is 5.32 Å². The van der Waals surface area contributed by atoms with E-state index in [4.69, 9.17) is 4.74 Å². The van der Waals surface area contributed by atoms with Gasteiger partial charge in [0.25, 0.3) is 0 Å². The molecule has 25 heavy (non-hydrogen) atoms. The van der Waals surface area contributed by atoms with Gasteiger partial charge < -0.3 is 15.0 Å². The standard InChI is InChI=1S/C19H26N2O4/c1-3-25-18(23)5-4-10-20-19(24)16-11-17(22)21(13-16)12-15-8-6-14(2)7-9-15/h6-9,16H,3-5,10-13H2,1-2H3,(H,20,24). The molecule has 0 radical (unpaired) electrons. The number of carbonyl (C=O) groups is 3. The minimum Gasteiger partial charge on any atom is -0.466 e. The highest BCUT2D eigenvalue weighted by molar-refractivity contribution is 5.89. The van der Waals surface area contributed by atoms with Gasteiger partial charge in [-0.1, -0.05) is 29.8 Å². The Bertz CT molecular complexity index is 612. The predicted molar refractivity (Wildman–Crippen MR) is 93.6 cm³/mol. The van der Waals surface area contributed by atoms with E-state index in [1.807, 2.05) is 31.2 Å². The van der Waals surface area contributed by atoms with Crippen LogP contribution in [0.25, 0.3) is 0 Å². The molecule has 1 N–H and O–H groups in total. The van der Waals surface area contributed by atoms with E-state index in [1.54, 1.807) is 11.8 Å². The fourth-order valence-corrected chi connectivity index (χ4v) is 2.84. The molecule has 2 rings (SSSR count). The number of amides is 2. The van der Waals surface area contributed by atoms with Crippen LogP contribution in [0.4, 0.5) is 0 Å². The molecule has 1 atom stereocenters. The lowest BCUT2D eigenvalue weighted by Crippen LogP contribution is -2.33. The Kier molecular flexibility index (Phi) is 6.98. The first-order chi connectivity index (χ1) is 12.0. The van der Waals surface area contributed by atoms with Crippen molar-refractivity contribution in [2.45, 2.75) is 39.7 Å². The van der Waals surface area contributed by atoms with Crippen LogP contribution < -0.4 is 5.32 Å². The highest BCUT2D eigenvalue weighted by Gasteiger charge is 2.33. The van der Waals surface area contributed by atoms with Gasteiger partial charge >= 0.3 is 5.97 Å². The predicted octanol–water partition coefficient (Wildman–Crippen LogP) is 1.80. The van der Waals surface area contributed by atoms with Gasteiger partial charge in [0.15, 0.2) is 0 Å². The number of nitrogens with zero attached hydrogens (tertiary/aromatic N) is 1. The van der Waals surface area contributed by atoms with Gasteiger partial charge in [0.1, 0.15) is 0 Å². The van der Waals surface area contributed by atoms with Crippen molar-refractivity contribution in [1.29, 1.82) is 0 Å². The number of nitrogens with one attached hydrogen (secondary N) is 1. The molecule has 1 aliphatic heterocycles. The Morgan fingerprint density at radius 3 is 2.68 bits per heavy atom. The lowest BCUT2D eigenvalue weighted by Gasteiger charge is -2.17. The summed E-state index contributed by atoms with van der Waals surface area (Å²) in [6.07, 6.45) is 1.07. The second-order valence-electron chi connectivity index (χ2n) is 6.36. The largest absolute Gasteiger partial charge is 0.466 e. The van der Waals surface area contributed by atoms with E-state index in [9.17, 15) is 14.4 Å². The van der Waals surface area contributed by atoms with Gasteiger partial charge in [-0.3, -0.25) is 14.4 Å². The summed E-state index contributed by atoms with van der Waals surface area (Å²) in [5, 5.41) is 2.81. The Labute approximate surface area is 148 Å². The molecule has 1 saturated heterocycles. The van der Waals surface area contributed by atoms with Gasteiger partial charge in [0, 0.05) is 32.5 Å². The van der Waals surface area contributed by atoms with Crippen LogP contribution in [0.3, 0.4) is 0 Å². The third-order valence-corrected chi connectivity index (χ3v) is 4.24. The Balaban J connectivity index is 1.74. The van der Waals surface area contributed by atoms with Crippen LogP contribution in [0.1, 0.15) is 37.3 Å². The van der Waals surface area contributed by atoms with E-state index in [-0.39, 0.29) is 36.5 Å². The molecule has 6 heteroatoms. The van der Waals surface area contributed by atoms with E-state index >= 15 is 0 Å². The molecule has 1 aromatic carbocycles. The molecule has 136 valence electrons. The second kappa shape index (κ2) is 9.20. The number of likely N-dealkylation sites (tertiary alicyclic amines) is 1. The summed E-state index contributed by atoms with van der Waals surface area (Å²) in [7, 11) is 0. The zero-order valence-corrected chi connectivity index (χ0v) is 14.9. The zero-order valence-electron chi connectivity index (χ0n) is 14.9. The number of aryl methyl sites for hydroxylation is 1. The van der Waals surface area contributed by atoms with Gasteiger partial charge in [0.2, 0.25) is 11.8 Å². The van der Waals surface area contributed by atoms with Crippen molar-refractivity contribution in [1.82, 2.24) is 10.2 Å². The van der Waals surface area contributed by atoms with Crippen molar-refractivity contribution in [3.8, 4) is 0 Å². The maximum absolute atomic E-state index is 12.2. The summed E-state index contributed by atoms with van der Waals surface area (Å²) in [6, 6.07) is 8.05. The number of esters is 1. The summed E-state index contributed by atoms with van der Waals surface area (Å²) in [5.41, 5.74) is 2.24. The summed E-state index contributed by atoms with van der Waals surface area (Å²) in [5.74, 6) is -0.687. The van der Waals surface area contributed by atoms with Crippen LogP contribution in [-0.4, -0.2) is 42.4 Å². The van der Waals surface area contributed by atoms with E-state index < -0.39 is 0 Å². The number of rotatable bonds is 8. The number of hydrogen-bond donors (Lipinski definition) is 1. The number of hydrogen-bond acceptors (Lipinski definition) is 4. The third kappa shape index (κ3) is 5.89. The molecule has 0 spiro atoms. The number of carbonyl (C=O) groups excluding carboxylic acids is 3. The SMILES string of the molecule is CCOC(=O)CCCNC(=O)C1CC(=O)N(Cc2ccc(C)cc2)C1. The smallest absolute Gasteiger partial charge is 0.305 e. The van der Waals surface area contributed by atoms with Crippen LogP contribution in [0, 0.1) is 12.8 Å². The van der Waals surface area contributed by atoms with Crippen LogP contribution in [-0.2, 0) is 25.7 Å². The summed E-state index contributed by atoms with van der Waals surface area (Å²) < 4.78 is 4.84. The molecule has 0 bridgehead atoms. The minimum absolute atomic E-state index is 0.00671. The molecule has 1 aromatic rings. The second-order valence-corrected chi connectivity index (χ2v) is 6.36. The van der Waals surface area contributed by atoms with Gasteiger partial charge in [-0.25, -0.2) is 0 Å². The quantitative estimate of drug-likeness (QED) is 0.575. The van der Waals surface area contributed by atoms with E-state index in [0.717, 1.165) is 5.56 Å². The van der Waals surface area contributed by atoms with Crippen LogP contribution in [0.2, 0.25) is 0 Å². The number of benzene rings is 1. The van der Waals surface area contributed by atoms with Crippen molar-refractivity contribution < 1.29 is 19.1 Å². The number of ether oxygens (including phenoxy) is 1. The molecule has 0 aliphatic carbocycles. The molecular formula is C19H26N2O4. The van der Waals surface area contributed by atoms with Crippen molar-refractivity contribution in [3.63, 3.8) is 0 Å². The lowest BCUT2D eigenvalue weighted by atomic mass is 10.1. The molecular weight excluding hydrogens is 320 g/mol. The summed E-state index contributed by atoms with van der Waals surface area (Å²) in [4.78, 5) is 37.3. The summed E-state index contributed by atoms with van der Waals surface area (Å²) in [6.45, 7) is 5.54. The molecule has 0 saturated carbocycles. The molecule has 6 nitrogen and oxygen atoms in total. The zero-order chi connectivity index (χ0) is 18.2. The maximum atomic E-state index is 12.2. The Hall–Kier alpha value is -2.37. The van der Waals surface area contributed by atoms with Gasteiger partial charge in [-0.2, -0.15) is 0 Å². The van der Waals surface area contributed by atoms with Gasteiger partial charge in [0.05, 0.1) is 12.5 Å². The molecule has 1 fully saturated rings. The Morgan fingerprint density at radius 2 is 2.00 bits per heavy atom. The average molecular weight is 346 g/mol. The molecule has 1 aliphatic rings. The molecule has 2 amide bonds. The molecule has 1 heterocycles. The first-order valence-electron chi connectivity index (χ1n) is 8.76. The molecule has 0 aromatic heterocycles. The monoisotopic (exact) mass is 346 g/mol. The summed E-state index contributed by atoms with van der Waals surface area (Å²) >= 11 is 0. The van der Waals surface area contributed by atoms with Crippen LogP contribution >= 0.6 is 0 Å². The lowest BCUT2D eigenvalue weighted by molar-refractivity contribution is -0.143. The van der Waals surface area contributed by atoms with E-state index in [1.165, 1.54) is 5.56 Å². The van der Waals surface area contributed by atoms with Crippen molar-refractivity contribution in [2.75, 3.05) is 19.7 Å². The Morgan fingerprint density at radius 1 is 1.28 bits per heavy atom. The highest BCUT2D eigenvalue weighted by atomic mass is 16.5. The fraction of sp³-hybridized carbons (Fsp3) is 0.526. The highest BCUT2D eigenvalue weighted by Crippen LogP contribution is 2.20. The topological polar surface area (TPSA) is 75.7 Å². The third-order valence-electron chi connectivity index (χ3n) is 4.24. The first-order valence-corrected chi connectivity index (χ1v) is 8.76. The van der Waals surface area contributed by atoms with Crippen LogP contribution in [0.5, 0.6) is 0 Å². The first kappa shape index (κ1) is 19.0. The average Bonchev–Trinajstić information content (AvgIpc) is 2.95. The fourth-order valence-electron chi connectivity index (χ4n) is 2.84. The van der Waals surface area contributed by atoms with Crippen LogP contribution in [0.15, 0.2) is 24.3 Å². The minimum atomic E-state index is -0.319.